The van der Waals surface area contributed by atoms with Gasteiger partial charge in [-0.2, -0.15) is 0 Å². The first kappa shape index (κ1) is 14.9. The van der Waals surface area contributed by atoms with Crippen LogP contribution in [0.2, 0.25) is 0 Å². The van der Waals surface area contributed by atoms with E-state index in [0.29, 0.717) is 6.61 Å². The fraction of sp³-hybridized carbons (Fsp3) is 0.250. The Balaban J connectivity index is 2.24. The van der Waals surface area contributed by atoms with Crippen LogP contribution in [-0.4, -0.2) is 7.11 Å². The van der Waals surface area contributed by atoms with Crippen molar-refractivity contribution in [3.63, 3.8) is 0 Å². The third-order valence-electron chi connectivity index (χ3n) is 3.04. The van der Waals surface area contributed by atoms with Crippen LogP contribution in [0.25, 0.3) is 0 Å². The highest BCUT2D eigenvalue weighted by Crippen LogP contribution is 2.33. The van der Waals surface area contributed by atoms with Crippen molar-refractivity contribution in [1.29, 1.82) is 0 Å². The largest absolute Gasteiger partial charge is 0.496 e. The number of hydrogen-bond donors (Lipinski definition) is 1. The molecule has 1 atom stereocenters. The lowest BCUT2D eigenvalue weighted by Gasteiger charge is -2.17. The summed E-state index contributed by atoms with van der Waals surface area (Å²) in [5.41, 5.74) is 8.00. The van der Waals surface area contributed by atoms with Crippen LogP contribution in [0.3, 0.4) is 0 Å². The predicted molar refractivity (Wildman–Crippen MR) is 84.1 cm³/mol. The lowest BCUT2D eigenvalue weighted by molar-refractivity contribution is 0.297. The van der Waals surface area contributed by atoms with Crippen molar-refractivity contribution in [2.75, 3.05) is 7.11 Å². The van der Waals surface area contributed by atoms with Crippen LogP contribution in [-0.2, 0) is 6.61 Å². The third-order valence-corrected chi connectivity index (χ3v) is 3.82. The molecular weight excluding hydrogens is 318 g/mol. The van der Waals surface area contributed by atoms with Gasteiger partial charge < -0.3 is 15.2 Å². The Hall–Kier alpha value is -1.52. The third kappa shape index (κ3) is 3.32. The smallest absolute Gasteiger partial charge is 0.128 e. The van der Waals surface area contributed by atoms with Crippen molar-refractivity contribution >= 4 is 15.9 Å². The molecule has 0 fully saturated rings. The first-order chi connectivity index (χ1) is 9.63. The minimum atomic E-state index is -0.152. The number of ether oxygens (including phenoxy) is 2. The summed E-state index contributed by atoms with van der Waals surface area (Å²) in [5.74, 6) is 1.51. The molecule has 0 aliphatic carbocycles. The Morgan fingerprint density at radius 3 is 2.45 bits per heavy atom. The van der Waals surface area contributed by atoms with Crippen LogP contribution in [0.1, 0.15) is 24.1 Å². The topological polar surface area (TPSA) is 44.5 Å². The van der Waals surface area contributed by atoms with Crippen LogP contribution >= 0.6 is 15.9 Å². The minimum absolute atomic E-state index is 0.152. The van der Waals surface area contributed by atoms with Crippen molar-refractivity contribution in [2.45, 2.75) is 19.6 Å². The quantitative estimate of drug-likeness (QED) is 0.896. The van der Waals surface area contributed by atoms with E-state index in [1.54, 1.807) is 7.11 Å². The van der Waals surface area contributed by atoms with Crippen molar-refractivity contribution in [2.24, 2.45) is 5.73 Å². The molecule has 0 aliphatic heterocycles. The number of methoxy groups -OCH3 is 1. The maximum Gasteiger partial charge on any atom is 0.128 e. The molecule has 0 saturated carbocycles. The molecule has 0 aromatic heterocycles. The summed E-state index contributed by atoms with van der Waals surface area (Å²) in [6.07, 6.45) is 0. The molecule has 4 heteroatoms. The van der Waals surface area contributed by atoms with Gasteiger partial charge in [0.2, 0.25) is 0 Å². The van der Waals surface area contributed by atoms with E-state index < -0.39 is 0 Å². The summed E-state index contributed by atoms with van der Waals surface area (Å²) in [4.78, 5) is 0. The van der Waals surface area contributed by atoms with E-state index >= 15 is 0 Å². The zero-order valence-electron chi connectivity index (χ0n) is 11.6. The highest BCUT2D eigenvalue weighted by Gasteiger charge is 2.14. The van der Waals surface area contributed by atoms with Gasteiger partial charge in [-0.1, -0.05) is 40.2 Å². The first-order valence-corrected chi connectivity index (χ1v) is 7.21. The molecule has 0 saturated heterocycles. The van der Waals surface area contributed by atoms with Crippen molar-refractivity contribution in [1.82, 2.24) is 0 Å². The highest BCUT2D eigenvalue weighted by molar-refractivity contribution is 9.10. The monoisotopic (exact) mass is 335 g/mol. The Kier molecular flexibility index (Phi) is 5.04. The van der Waals surface area contributed by atoms with Gasteiger partial charge in [0.15, 0.2) is 0 Å². The predicted octanol–water partition coefficient (Wildman–Crippen LogP) is 4.06. The maximum atomic E-state index is 6.02. The van der Waals surface area contributed by atoms with E-state index in [1.165, 1.54) is 0 Å². The van der Waals surface area contributed by atoms with Gasteiger partial charge in [-0.15, -0.1) is 0 Å². The van der Waals surface area contributed by atoms with E-state index in [1.807, 2.05) is 49.4 Å². The molecule has 2 rings (SSSR count). The average Bonchev–Trinajstić information content (AvgIpc) is 2.45. The molecule has 0 radical (unpaired) electrons. The zero-order chi connectivity index (χ0) is 14.5. The van der Waals surface area contributed by atoms with E-state index in [-0.39, 0.29) is 6.04 Å². The molecule has 2 aromatic carbocycles. The molecule has 0 heterocycles. The second-order valence-corrected chi connectivity index (χ2v) is 5.40. The summed E-state index contributed by atoms with van der Waals surface area (Å²) in [6.45, 7) is 2.40. The van der Waals surface area contributed by atoms with Crippen LogP contribution < -0.4 is 15.2 Å². The molecule has 20 heavy (non-hydrogen) atoms. The van der Waals surface area contributed by atoms with Gasteiger partial charge in [-0.3, -0.25) is 0 Å². The molecule has 0 spiro atoms. The summed E-state index contributed by atoms with van der Waals surface area (Å²) >= 11 is 3.52. The summed E-state index contributed by atoms with van der Waals surface area (Å²) in [6, 6.07) is 13.5. The lowest BCUT2D eigenvalue weighted by atomic mass is 10.1. The molecule has 106 valence electrons. The Bertz CT molecular complexity index is 584. The van der Waals surface area contributed by atoms with E-state index in [9.17, 15) is 0 Å². The summed E-state index contributed by atoms with van der Waals surface area (Å²) < 4.78 is 12.3. The fourth-order valence-corrected chi connectivity index (χ4v) is 2.45. The van der Waals surface area contributed by atoms with Crippen LogP contribution in [0, 0.1) is 0 Å². The van der Waals surface area contributed by atoms with Gasteiger partial charge in [-0.25, -0.2) is 0 Å². The Labute approximate surface area is 127 Å². The summed E-state index contributed by atoms with van der Waals surface area (Å²) in [7, 11) is 1.64. The molecule has 3 nitrogen and oxygen atoms in total. The highest BCUT2D eigenvalue weighted by atomic mass is 79.9. The number of halogens is 1. The molecule has 0 aliphatic rings. The number of rotatable bonds is 5. The number of hydrogen-bond acceptors (Lipinski definition) is 3. The van der Waals surface area contributed by atoms with Gasteiger partial charge in [0.1, 0.15) is 18.1 Å². The lowest BCUT2D eigenvalue weighted by Crippen LogP contribution is -2.10. The van der Waals surface area contributed by atoms with Crippen molar-refractivity contribution < 1.29 is 9.47 Å². The summed E-state index contributed by atoms with van der Waals surface area (Å²) in [5, 5.41) is 0. The Morgan fingerprint density at radius 2 is 1.80 bits per heavy atom. The number of nitrogens with two attached hydrogens (primary N) is 1. The van der Waals surface area contributed by atoms with Crippen molar-refractivity contribution in [3.05, 3.63) is 58.1 Å². The minimum Gasteiger partial charge on any atom is -0.496 e. The molecule has 0 amide bonds. The molecule has 0 bridgehead atoms. The van der Waals surface area contributed by atoms with E-state index in [2.05, 4.69) is 15.9 Å². The van der Waals surface area contributed by atoms with Gasteiger partial charge in [0.25, 0.3) is 0 Å². The fourth-order valence-electron chi connectivity index (χ4n) is 2.05. The van der Waals surface area contributed by atoms with Crippen LogP contribution in [0.15, 0.2) is 46.9 Å². The SMILES string of the molecule is COc1cccc(OCc2ccccc2Br)c1[C@H](C)N. The second-order valence-electron chi connectivity index (χ2n) is 4.54. The number of benzene rings is 2. The first-order valence-electron chi connectivity index (χ1n) is 6.42. The van der Waals surface area contributed by atoms with Gasteiger partial charge in [-0.05, 0) is 25.1 Å². The van der Waals surface area contributed by atoms with Gasteiger partial charge in [0.05, 0.1) is 12.7 Å². The van der Waals surface area contributed by atoms with Crippen molar-refractivity contribution in [3.8, 4) is 11.5 Å². The van der Waals surface area contributed by atoms with Crippen LogP contribution in [0.5, 0.6) is 11.5 Å². The molecule has 0 unspecified atom stereocenters. The normalized spacial score (nSPS) is 12.0. The second kappa shape index (κ2) is 6.77. The Morgan fingerprint density at radius 1 is 1.10 bits per heavy atom. The standard InChI is InChI=1S/C16H18BrNO2/c1-11(18)16-14(19-2)8-5-9-15(16)20-10-12-6-3-4-7-13(12)17/h3-9,11H,10,18H2,1-2H3/t11-/m0/s1. The van der Waals surface area contributed by atoms with Gasteiger partial charge >= 0.3 is 0 Å². The van der Waals surface area contributed by atoms with E-state index in [4.69, 9.17) is 15.2 Å². The molecule has 2 N–H and O–H groups in total. The molecular formula is C16H18BrNO2. The zero-order valence-corrected chi connectivity index (χ0v) is 13.2. The van der Waals surface area contributed by atoms with Crippen LogP contribution in [0.4, 0.5) is 0 Å². The van der Waals surface area contributed by atoms with Gasteiger partial charge in [0, 0.05) is 16.1 Å². The maximum absolute atomic E-state index is 6.02. The average molecular weight is 336 g/mol. The van der Waals surface area contributed by atoms with E-state index in [0.717, 1.165) is 27.1 Å². The molecule has 2 aromatic rings.